The molecule has 0 aliphatic carbocycles. The van der Waals surface area contributed by atoms with Crippen LogP contribution in [-0.4, -0.2) is 27.3 Å². The van der Waals surface area contributed by atoms with Gasteiger partial charge >= 0.3 is 0 Å². The molecule has 0 spiro atoms. The Balaban J connectivity index is 2.26. The van der Waals surface area contributed by atoms with E-state index >= 15 is 0 Å². The van der Waals surface area contributed by atoms with Crippen molar-refractivity contribution in [2.24, 2.45) is 0 Å². The summed E-state index contributed by atoms with van der Waals surface area (Å²) in [5.41, 5.74) is 1.82. The Morgan fingerprint density at radius 1 is 1.53 bits per heavy atom. The molecule has 1 amide bonds. The summed E-state index contributed by atoms with van der Waals surface area (Å²) in [6, 6.07) is 0.134. The zero-order chi connectivity index (χ0) is 10.8. The summed E-state index contributed by atoms with van der Waals surface area (Å²) >= 11 is 0. The first kappa shape index (κ1) is 10.1. The molecular weight excluding hydrogens is 190 g/mol. The van der Waals surface area contributed by atoms with Crippen molar-refractivity contribution in [3.63, 3.8) is 0 Å². The van der Waals surface area contributed by atoms with Crippen LogP contribution in [0.15, 0.2) is 12.4 Å². The monoisotopic (exact) mass is 205 g/mol. The van der Waals surface area contributed by atoms with Gasteiger partial charge in [0.25, 0.3) is 0 Å². The van der Waals surface area contributed by atoms with Gasteiger partial charge < -0.3 is 4.90 Å². The number of rotatable bonds is 1. The van der Waals surface area contributed by atoms with Crippen molar-refractivity contribution in [2.45, 2.75) is 32.7 Å². The Kier molecular flexibility index (Phi) is 2.66. The van der Waals surface area contributed by atoms with Crippen LogP contribution in [0.3, 0.4) is 0 Å². The fraction of sp³-hybridized carbons (Fsp3) is 0.545. The van der Waals surface area contributed by atoms with Gasteiger partial charge in [-0.2, -0.15) is 0 Å². The molecule has 1 aliphatic rings. The maximum absolute atomic E-state index is 11.4. The van der Waals surface area contributed by atoms with E-state index in [1.54, 1.807) is 19.3 Å². The molecule has 2 heterocycles. The van der Waals surface area contributed by atoms with Gasteiger partial charge in [0.1, 0.15) is 0 Å². The van der Waals surface area contributed by atoms with Crippen LogP contribution >= 0.6 is 0 Å². The fourth-order valence-electron chi connectivity index (χ4n) is 2.09. The third-order valence-electron chi connectivity index (χ3n) is 2.77. The Morgan fingerprint density at radius 3 is 3.00 bits per heavy atom. The normalized spacial score (nSPS) is 20.7. The van der Waals surface area contributed by atoms with Gasteiger partial charge in [-0.3, -0.25) is 14.8 Å². The highest BCUT2D eigenvalue weighted by molar-refractivity contribution is 5.74. The molecule has 1 fully saturated rings. The van der Waals surface area contributed by atoms with E-state index in [1.165, 1.54) is 0 Å². The first-order valence-electron chi connectivity index (χ1n) is 5.24. The smallest absolute Gasteiger partial charge is 0.220 e. The summed E-state index contributed by atoms with van der Waals surface area (Å²) in [6.07, 6.45) is 5.55. The lowest BCUT2D eigenvalue weighted by Gasteiger charge is -2.22. The maximum Gasteiger partial charge on any atom is 0.220 e. The Hall–Kier alpha value is -1.45. The third kappa shape index (κ3) is 1.98. The molecule has 0 radical (unpaired) electrons. The highest BCUT2D eigenvalue weighted by atomic mass is 16.2. The number of nitrogens with zero attached hydrogens (tertiary/aromatic N) is 3. The van der Waals surface area contributed by atoms with Gasteiger partial charge in [0.05, 0.1) is 23.6 Å². The Labute approximate surface area is 89.3 Å². The topological polar surface area (TPSA) is 46.1 Å². The molecule has 0 N–H and O–H groups in total. The van der Waals surface area contributed by atoms with E-state index in [9.17, 15) is 4.79 Å². The number of aromatic nitrogens is 2. The van der Waals surface area contributed by atoms with Crippen LogP contribution in [0.5, 0.6) is 0 Å². The van der Waals surface area contributed by atoms with Crippen LogP contribution in [0.4, 0.5) is 0 Å². The van der Waals surface area contributed by atoms with Gasteiger partial charge in [0.15, 0.2) is 0 Å². The van der Waals surface area contributed by atoms with Crippen LogP contribution in [0.1, 0.15) is 37.2 Å². The molecule has 0 saturated carbocycles. The van der Waals surface area contributed by atoms with E-state index in [2.05, 4.69) is 9.97 Å². The quantitative estimate of drug-likeness (QED) is 0.697. The third-order valence-corrected chi connectivity index (χ3v) is 2.77. The highest BCUT2D eigenvalue weighted by Crippen LogP contribution is 2.30. The van der Waals surface area contributed by atoms with E-state index in [4.69, 9.17) is 0 Å². The van der Waals surface area contributed by atoms with Crippen molar-refractivity contribution in [1.29, 1.82) is 0 Å². The maximum atomic E-state index is 11.4. The fourth-order valence-corrected chi connectivity index (χ4v) is 2.09. The van der Waals surface area contributed by atoms with Gasteiger partial charge in [-0.25, -0.2) is 0 Å². The van der Waals surface area contributed by atoms with Crippen molar-refractivity contribution < 1.29 is 4.79 Å². The lowest BCUT2D eigenvalue weighted by molar-refractivity contribution is -0.129. The Morgan fingerprint density at radius 2 is 2.33 bits per heavy atom. The molecule has 0 aromatic carbocycles. The number of hydrogen-bond donors (Lipinski definition) is 0. The molecule has 4 nitrogen and oxygen atoms in total. The van der Waals surface area contributed by atoms with Crippen molar-refractivity contribution in [2.75, 3.05) is 6.54 Å². The summed E-state index contributed by atoms with van der Waals surface area (Å²) in [6.45, 7) is 4.38. The number of amides is 1. The minimum absolute atomic E-state index is 0.126. The van der Waals surface area contributed by atoms with Gasteiger partial charge in [-0.05, 0) is 19.8 Å². The average molecular weight is 205 g/mol. The van der Waals surface area contributed by atoms with E-state index in [0.717, 1.165) is 30.8 Å². The Bertz CT molecular complexity index is 378. The minimum Gasteiger partial charge on any atom is -0.334 e. The summed E-state index contributed by atoms with van der Waals surface area (Å²) in [7, 11) is 0. The number of hydrogen-bond acceptors (Lipinski definition) is 3. The average Bonchev–Trinajstić information content (AvgIpc) is 2.65. The van der Waals surface area contributed by atoms with Gasteiger partial charge in [0, 0.05) is 19.7 Å². The lowest BCUT2D eigenvalue weighted by Crippen LogP contribution is -2.28. The van der Waals surface area contributed by atoms with Crippen LogP contribution in [0.25, 0.3) is 0 Å². The zero-order valence-corrected chi connectivity index (χ0v) is 9.10. The van der Waals surface area contributed by atoms with Gasteiger partial charge in [0.2, 0.25) is 5.91 Å². The summed E-state index contributed by atoms with van der Waals surface area (Å²) in [4.78, 5) is 21.8. The van der Waals surface area contributed by atoms with Crippen LogP contribution < -0.4 is 0 Å². The second-order valence-corrected chi connectivity index (χ2v) is 3.96. The van der Waals surface area contributed by atoms with Crippen molar-refractivity contribution in [3.8, 4) is 0 Å². The molecule has 1 aliphatic heterocycles. The highest BCUT2D eigenvalue weighted by Gasteiger charge is 2.28. The molecule has 1 atom stereocenters. The molecular formula is C11H15N3O. The number of carbonyl (C=O) groups is 1. The van der Waals surface area contributed by atoms with Crippen LogP contribution in [0.2, 0.25) is 0 Å². The molecule has 0 unspecified atom stereocenters. The molecule has 0 bridgehead atoms. The van der Waals surface area contributed by atoms with E-state index < -0.39 is 0 Å². The summed E-state index contributed by atoms with van der Waals surface area (Å²) in [5.74, 6) is 0.126. The minimum atomic E-state index is 0.126. The molecule has 1 saturated heterocycles. The molecule has 2 rings (SSSR count). The van der Waals surface area contributed by atoms with E-state index in [1.807, 2.05) is 11.8 Å². The first-order valence-corrected chi connectivity index (χ1v) is 5.24. The zero-order valence-electron chi connectivity index (χ0n) is 9.10. The number of likely N-dealkylation sites (tertiary alicyclic amines) is 1. The standard InChI is InChI=1S/C11H15N3O/c1-8-6-12-7-10(13-8)11-4-3-5-14(11)9(2)15/h6-7,11H,3-5H2,1-2H3/t11-/m1/s1. The number of aryl methyl sites for hydroxylation is 1. The van der Waals surface area contributed by atoms with Crippen molar-refractivity contribution in [1.82, 2.24) is 14.9 Å². The van der Waals surface area contributed by atoms with Gasteiger partial charge in [-0.1, -0.05) is 0 Å². The van der Waals surface area contributed by atoms with Crippen LogP contribution in [-0.2, 0) is 4.79 Å². The molecule has 80 valence electrons. The van der Waals surface area contributed by atoms with E-state index in [-0.39, 0.29) is 11.9 Å². The molecule has 1 aromatic heterocycles. The second kappa shape index (κ2) is 3.96. The lowest BCUT2D eigenvalue weighted by atomic mass is 10.1. The molecule has 1 aromatic rings. The van der Waals surface area contributed by atoms with Crippen LogP contribution in [0, 0.1) is 6.92 Å². The SMILES string of the molecule is CC(=O)N1CCC[C@@H]1c1cncc(C)n1. The summed E-state index contributed by atoms with van der Waals surface area (Å²) < 4.78 is 0. The largest absolute Gasteiger partial charge is 0.334 e. The van der Waals surface area contributed by atoms with E-state index in [0.29, 0.717) is 0 Å². The summed E-state index contributed by atoms with van der Waals surface area (Å²) in [5, 5.41) is 0. The molecule has 15 heavy (non-hydrogen) atoms. The molecule has 4 heteroatoms. The first-order chi connectivity index (χ1) is 7.18. The van der Waals surface area contributed by atoms with Crippen molar-refractivity contribution >= 4 is 5.91 Å². The second-order valence-electron chi connectivity index (χ2n) is 3.96. The number of carbonyl (C=O) groups excluding carboxylic acids is 1. The van der Waals surface area contributed by atoms with Gasteiger partial charge in [-0.15, -0.1) is 0 Å². The predicted octanol–water partition coefficient (Wildman–Crippen LogP) is 1.47. The van der Waals surface area contributed by atoms with Crippen molar-refractivity contribution in [3.05, 3.63) is 23.8 Å². The predicted molar refractivity (Wildman–Crippen MR) is 56.1 cm³/mol.